The topological polar surface area (TPSA) is 71.0 Å². The molecule has 1 saturated heterocycles. The summed E-state index contributed by atoms with van der Waals surface area (Å²) in [5.74, 6) is 0.387. The van der Waals surface area contributed by atoms with Gasteiger partial charge in [0, 0.05) is 18.7 Å². The molecule has 0 radical (unpaired) electrons. The lowest BCUT2D eigenvalue weighted by Gasteiger charge is -2.32. The fraction of sp³-hybridized carbons (Fsp3) is 0.192. The van der Waals surface area contributed by atoms with Gasteiger partial charge in [-0.3, -0.25) is 14.5 Å². The number of carbonyl (C=O) groups excluding carboxylic acids is 2. The maximum absolute atomic E-state index is 13.1. The molecule has 0 aromatic heterocycles. The molecule has 7 heteroatoms. The van der Waals surface area contributed by atoms with Gasteiger partial charge in [-0.05, 0) is 48.4 Å². The lowest BCUT2D eigenvalue weighted by Crippen LogP contribution is -2.46. The van der Waals surface area contributed by atoms with E-state index in [0.717, 1.165) is 11.3 Å². The summed E-state index contributed by atoms with van der Waals surface area (Å²) in [4.78, 5) is 32.5. The number of nitrogens with one attached hydrogen (secondary N) is 1. The third-order valence-electron chi connectivity index (χ3n) is 5.24. The maximum atomic E-state index is 13.1. The largest absolute Gasteiger partial charge is 0.497 e. The normalized spacial score (nSPS) is 17.1. The van der Waals surface area contributed by atoms with Gasteiger partial charge >= 0.3 is 0 Å². The molecule has 0 bridgehead atoms. The van der Waals surface area contributed by atoms with E-state index in [-0.39, 0.29) is 18.2 Å². The number of carbonyl (C=O) groups is 2. The number of thioether (sulfide) groups is 1. The van der Waals surface area contributed by atoms with Crippen LogP contribution in [0.4, 0.5) is 11.4 Å². The second-order valence-corrected chi connectivity index (χ2v) is 8.71. The van der Waals surface area contributed by atoms with Gasteiger partial charge in [-0.15, -0.1) is 0 Å². The van der Waals surface area contributed by atoms with Crippen molar-refractivity contribution in [1.82, 2.24) is 4.90 Å². The Balaban J connectivity index is 1.51. The average Bonchev–Trinajstić information content (AvgIpc) is 2.85. The molecule has 0 unspecified atom stereocenters. The molecule has 1 fully saturated rings. The summed E-state index contributed by atoms with van der Waals surface area (Å²) in [5, 5.41) is 2.88. The third kappa shape index (κ3) is 6.02. The van der Waals surface area contributed by atoms with Gasteiger partial charge in [-0.1, -0.05) is 60.3 Å². The van der Waals surface area contributed by atoms with Crippen LogP contribution in [0.25, 0.3) is 0 Å². The van der Waals surface area contributed by atoms with Crippen LogP contribution in [0.5, 0.6) is 5.75 Å². The van der Waals surface area contributed by atoms with Gasteiger partial charge < -0.3 is 10.1 Å². The molecule has 0 aliphatic carbocycles. The molecular formula is C26H25N3O3S. The first-order chi connectivity index (χ1) is 16.1. The van der Waals surface area contributed by atoms with Crippen molar-refractivity contribution in [2.75, 3.05) is 19.0 Å². The zero-order valence-electron chi connectivity index (χ0n) is 18.3. The predicted molar refractivity (Wildman–Crippen MR) is 133 cm³/mol. The predicted octanol–water partition coefficient (Wildman–Crippen LogP) is 4.90. The fourth-order valence-corrected chi connectivity index (χ4v) is 4.58. The molecule has 1 aliphatic rings. The van der Waals surface area contributed by atoms with Gasteiger partial charge in [0.1, 0.15) is 11.0 Å². The molecular weight excluding hydrogens is 434 g/mol. The van der Waals surface area contributed by atoms with E-state index in [1.165, 1.54) is 11.8 Å². The third-order valence-corrected chi connectivity index (χ3v) is 6.43. The number of aliphatic imine (C=N–C) groups is 1. The van der Waals surface area contributed by atoms with E-state index in [4.69, 9.17) is 9.73 Å². The molecule has 3 aromatic carbocycles. The Bertz CT molecular complexity index is 1120. The Morgan fingerprint density at radius 2 is 1.70 bits per heavy atom. The van der Waals surface area contributed by atoms with Crippen molar-refractivity contribution in [3.05, 3.63) is 90.5 Å². The van der Waals surface area contributed by atoms with Crippen LogP contribution in [-0.4, -0.2) is 40.8 Å². The van der Waals surface area contributed by atoms with Gasteiger partial charge in [0.05, 0.1) is 12.8 Å². The molecule has 33 heavy (non-hydrogen) atoms. The Morgan fingerprint density at radius 3 is 2.36 bits per heavy atom. The second kappa shape index (κ2) is 10.8. The van der Waals surface area contributed by atoms with E-state index in [9.17, 15) is 9.59 Å². The summed E-state index contributed by atoms with van der Waals surface area (Å²) in [7, 11) is 1.59. The highest BCUT2D eigenvalue weighted by atomic mass is 32.2. The Labute approximate surface area is 197 Å². The van der Waals surface area contributed by atoms with Crippen LogP contribution >= 0.6 is 11.8 Å². The van der Waals surface area contributed by atoms with Crippen molar-refractivity contribution in [1.29, 1.82) is 0 Å². The first-order valence-electron chi connectivity index (χ1n) is 10.7. The first kappa shape index (κ1) is 22.6. The lowest BCUT2D eigenvalue weighted by atomic mass is 10.1. The van der Waals surface area contributed by atoms with Crippen molar-refractivity contribution < 1.29 is 14.3 Å². The van der Waals surface area contributed by atoms with Gasteiger partial charge in [0.2, 0.25) is 11.8 Å². The first-order valence-corrected chi connectivity index (χ1v) is 11.6. The Kier molecular flexibility index (Phi) is 7.42. The molecule has 0 spiro atoms. The van der Waals surface area contributed by atoms with Crippen LogP contribution in [0.2, 0.25) is 0 Å². The summed E-state index contributed by atoms with van der Waals surface area (Å²) in [6.45, 7) is 0.508. The van der Waals surface area contributed by atoms with Gasteiger partial charge in [-0.2, -0.15) is 0 Å². The van der Waals surface area contributed by atoms with E-state index in [1.807, 2.05) is 60.7 Å². The number of para-hydroxylation sites is 1. The molecule has 0 saturated carbocycles. The van der Waals surface area contributed by atoms with Crippen LogP contribution < -0.4 is 10.1 Å². The molecule has 1 aliphatic heterocycles. The summed E-state index contributed by atoms with van der Waals surface area (Å²) in [5.41, 5.74) is 2.55. The van der Waals surface area contributed by atoms with Crippen molar-refractivity contribution in [3.63, 3.8) is 0 Å². The minimum Gasteiger partial charge on any atom is -0.497 e. The van der Waals surface area contributed by atoms with Crippen molar-refractivity contribution in [3.8, 4) is 5.75 Å². The molecule has 3 aromatic rings. The highest BCUT2D eigenvalue weighted by molar-refractivity contribution is 8.15. The van der Waals surface area contributed by atoms with Crippen LogP contribution in [0.15, 0.2) is 89.9 Å². The van der Waals surface area contributed by atoms with Crippen molar-refractivity contribution in [2.24, 2.45) is 4.99 Å². The number of nitrogens with zero attached hydrogens (tertiary/aromatic N) is 2. The Hall–Kier alpha value is -3.58. The van der Waals surface area contributed by atoms with E-state index in [1.54, 1.807) is 36.3 Å². The molecule has 1 heterocycles. The fourth-order valence-electron chi connectivity index (χ4n) is 3.46. The minimum absolute atomic E-state index is 0.103. The molecule has 1 atom stereocenters. The Morgan fingerprint density at radius 1 is 1.03 bits per heavy atom. The minimum atomic E-state index is -0.560. The zero-order chi connectivity index (χ0) is 23.0. The number of amides is 2. The summed E-state index contributed by atoms with van der Waals surface area (Å²) in [6, 6.07) is 26.6. The number of ether oxygens (including phenoxy) is 1. The highest BCUT2D eigenvalue weighted by Crippen LogP contribution is 2.30. The van der Waals surface area contributed by atoms with Crippen LogP contribution in [0.1, 0.15) is 12.0 Å². The second-order valence-electron chi connectivity index (χ2n) is 7.54. The van der Waals surface area contributed by atoms with Gasteiger partial charge in [0.15, 0.2) is 5.17 Å². The van der Waals surface area contributed by atoms with Gasteiger partial charge in [-0.25, -0.2) is 4.99 Å². The number of methoxy groups -OCH3 is 1. The average molecular weight is 460 g/mol. The molecule has 6 nitrogen and oxygen atoms in total. The van der Waals surface area contributed by atoms with Crippen molar-refractivity contribution in [2.45, 2.75) is 18.1 Å². The number of amidine groups is 1. The smallest absolute Gasteiger partial charge is 0.238 e. The number of rotatable bonds is 7. The number of hydrogen-bond acceptors (Lipinski definition) is 5. The van der Waals surface area contributed by atoms with Crippen molar-refractivity contribution >= 4 is 40.1 Å². The molecule has 168 valence electrons. The monoisotopic (exact) mass is 459 g/mol. The van der Waals surface area contributed by atoms with E-state index in [2.05, 4.69) is 5.32 Å². The van der Waals surface area contributed by atoms with E-state index < -0.39 is 5.25 Å². The van der Waals surface area contributed by atoms with Crippen LogP contribution in [0.3, 0.4) is 0 Å². The summed E-state index contributed by atoms with van der Waals surface area (Å²) >= 11 is 1.33. The maximum Gasteiger partial charge on any atom is 0.238 e. The van der Waals surface area contributed by atoms with Crippen LogP contribution in [0, 0.1) is 0 Å². The SMILES string of the molecule is COc1ccc(NC(=O)[C@H]2CC(=O)N(CCc3ccccc3)C(=Nc3ccccc3)S2)cc1. The number of anilines is 1. The number of benzene rings is 3. The van der Waals surface area contributed by atoms with Gasteiger partial charge in [0.25, 0.3) is 0 Å². The zero-order valence-corrected chi connectivity index (χ0v) is 19.1. The standard InChI is InChI=1S/C26H25N3O3S/c1-32-22-14-12-21(13-15-22)27-25(31)23-18-24(30)29(17-16-19-8-4-2-5-9-19)26(33-23)28-20-10-6-3-7-11-20/h2-15,23H,16-18H2,1H3,(H,27,31)/t23-/m1/s1. The molecule has 1 N–H and O–H groups in total. The summed E-state index contributed by atoms with van der Waals surface area (Å²) in [6.07, 6.45) is 0.832. The molecule has 4 rings (SSSR count). The highest BCUT2D eigenvalue weighted by Gasteiger charge is 2.35. The lowest BCUT2D eigenvalue weighted by molar-refractivity contribution is -0.129. The van der Waals surface area contributed by atoms with E-state index in [0.29, 0.717) is 29.6 Å². The summed E-state index contributed by atoms with van der Waals surface area (Å²) < 4.78 is 5.16. The number of hydrogen-bond donors (Lipinski definition) is 1. The molecule has 2 amide bonds. The van der Waals surface area contributed by atoms with Crippen LogP contribution in [-0.2, 0) is 16.0 Å². The van der Waals surface area contributed by atoms with E-state index >= 15 is 0 Å². The quantitative estimate of drug-likeness (QED) is 0.546.